The second-order valence-corrected chi connectivity index (χ2v) is 10.5. The fraction of sp³-hybridized carbons (Fsp3) is 0.294. The molecule has 0 aromatic heterocycles. The highest BCUT2D eigenvalue weighted by Crippen LogP contribution is 2.38. The summed E-state index contributed by atoms with van der Waals surface area (Å²) in [5.41, 5.74) is 16.2. The van der Waals surface area contributed by atoms with Gasteiger partial charge in [-0.3, -0.25) is 0 Å². The number of fused-ring (bicyclic) bond motifs is 2. The predicted octanol–water partition coefficient (Wildman–Crippen LogP) is 10.1. The lowest BCUT2D eigenvalue weighted by Crippen LogP contribution is -1.84. The molecule has 4 aliphatic carbocycles. The molecule has 4 rings (SSSR count). The van der Waals surface area contributed by atoms with E-state index in [1.807, 2.05) is 0 Å². The van der Waals surface area contributed by atoms with E-state index in [1.165, 1.54) is 66.8 Å². The summed E-state index contributed by atoms with van der Waals surface area (Å²) in [5, 5.41) is 0. The van der Waals surface area contributed by atoms with Gasteiger partial charge in [0.2, 0.25) is 0 Å². The molecule has 0 amide bonds. The summed E-state index contributed by atoms with van der Waals surface area (Å²) in [6.07, 6.45) is 8.90. The Bertz CT molecular complexity index is 1220. The molecule has 0 N–H and O–H groups in total. The smallest absolute Gasteiger partial charge is 0.00793 e. The van der Waals surface area contributed by atoms with Gasteiger partial charge >= 0.3 is 0 Å². The molecule has 4 aliphatic rings. The van der Waals surface area contributed by atoms with Crippen LogP contribution in [0.1, 0.15) is 84.0 Å². The van der Waals surface area contributed by atoms with Crippen LogP contribution in [0.2, 0.25) is 0 Å². The molecule has 0 heterocycles. The molecule has 0 aromatic carbocycles. The average molecular weight is 447 g/mol. The highest BCUT2D eigenvalue weighted by atomic mass is 14.2. The fourth-order valence-electron chi connectivity index (χ4n) is 5.06. The lowest BCUT2D eigenvalue weighted by molar-refractivity contribution is 0.868. The van der Waals surface area contributed by atoms with Crippen molar-refractivity contribution in [2.45, 2.75) is 67.2 Å². The molecule has 0 bridgehead atoms. The summed E-state index contributed by atoms with van der Waals surface area (Å²) in [7, 11) is 0. The number of hydrogen-bond donors (Lipinski definition) is 0. The Kier molecular flexibility index (Phi) is 6.80. The fourth-order valence-corrected chi connectivity index (χ4v) is 5.06. The van der Waals surface area contributed by atoms with Crippen molar-refractivity contribution in [3.8, 4) is 22.3 Å². The molecule has 0 nitrogen and oxygen atoms in total. The van der Waals surface area contributed by atoms with Gasteiger partial charge in [0.1, 0.15) is 0 Å². The van der Waals surface area contributed by atoms with Gasteiger partial charge in [0, 0.05) is 0 Å². The van der Waals surface area contributed by atoms with E-state index in [-0.39, 0.29) is 0 Å². The minimum absolute atomic E-state index is 0.524. The lowest BCUT2D eigenvalue weighted by atomic mass is 10.00. The van der Waals surface area contributed by atoms with E-state index in [0.29, 0.717) is 11.8 Å². The molecule has 174 valence electrons. The van der Waals surface area contributed by atoms with E-state index in [9.17, 15) is 0 Å². The first kappa shape index (κ1) is 24.0. The average Bonchev–Trinajstić information content (AvgIpc) is 3.08. The molecule has 0 saturated heterocycles. The molecule has 0 heteroatoms. The third-order valence-electron chi connectivity index (χ3n) is 7.17. The van der Waals surface area contributed by atoms with Crippen LogP contribution in [0.15, 0.2) is 60.7 Å². The van der Waals surface area contributed by atoms with E-state index >= 15 is 0 Å². The van der Waals surface area contributed by atoms with Crippen molar-refractivity contribution >= 4 is 12.2 Å². The summed E-state index contributed by atoms with van der Waals surface area (Å²) in [5.74, 6) is 1.05. The summed E-state index contributed by atoms with van der Waals surface area (Å²) in [6.45, 7) is 18.0. The van der Waals surface area contributed by atoms with Crippen molar-refractivity contribution in [1.82, 2.24) is 0 Å². The highest BCUT2D eigenvalue weighted by molar-refractivity contribution is 5.86. The van der Waals surface area contributed by atoms with Crippen LogP contribution in [0.4, 0.5) is 0 Å². The Morgan fingerprint density at radius 2 is 0.882 bits per heavy atom. The third kappa shape index (κ3) is 4.60. The number of hydrogen-bond acceptors (Lipinski definition) is 0. The SMILES string of the molecule is Cc1cc(/C=C/C=C/c2cc(C)c3cc(C(C)C)ccc(C)c2-3)c2c(C)ccc(C(C)C)cc1-2. The van der Waals surface area contributed by atoms with E-state index in [1.54, 1.807) is 0 Å². The molecule has 0 aliphatic heterocycles. The normalized spacial score (nSPS) is 12.4. The molecule has 0 fully saturated rings. The Labute approximate surface area is 206 Å². The van der Waals surface area contributed by atoms with Crippen LogP contribution in [0.3, 0.4) is 0 Å². The van der Waals surface area contributed by atoms with E-state index in [4.69, 9.17) is 0 Å². The van der Waals surface area contributed by atoms with Gasteiger partial charge in [-0.15, -0.1) is 0 Å². The minimum atomic E-state index is 0.524. The van der Waals surface area contributed by atoms with Gasteiger partial charge in [0.05, 0.1) is 0 Å². The van der Waals surface area contributed by atoms with Crippen LogP contribution in [-0.2, 0) is 0 Å². The summed E-state index contributed by atoms with van der Waals surface area (Å²) < 4.78 is 0. The van der Waals surface area contributed by atoms with Crippen molar-refractivity contribution in [2.24, 2.45) is 0 Å². The second-order valence-electron chi connectivity index (χ2n) is 10.5. The van der Waals surface area contributed by atoms with Crippen molar-refractivity contribution in [2.75, 3.05) is 0 Å². The number of allylic oxidation sites excluding steroid dienone is 2. The molecular formula is C34H38. The standard InChI is InChI=1S/C34H38/c1-21(2)27-15-13-23(5)33-29(17-25(7)31(33)19-27)11-9-10-12-30-18-26(8)32-20-28(22(3)4)16-14-24(6)34(30)32/h9-22H,1-8H3/b11-9+,12-10+. The largest absolute Gasteiger partial charge is 0.0616 e. The first-order valence-corrected chi connectivity index (χ1v) is 12.6. The van der Waals surface area contributed by atoms with Crippen LogP contribution in [0.5, 0.6) is 0 Å². The quantitative estimate of drug-likeness (QED) is 0.267. The maximum atomic E-state index is 2.38. The molecule has 0 radical (unpaired) electrons. The monoisotopic (exact) mass is 446 g/mol. The van der Waals surface area contributed by atoms with Crippen LogP contribution < -0.4 is 0 Å². The third-order valence-corrected chi connectivity index (χ3v) is 7.17. The molecule has 0 unspecified atom stereocenters. The lowest BCUT2D eigenvalue weighted by Gasteiger charge is -2.04. The molecule has 0 atom stereocenters. The molecule has 34 heavy (non-hydrogen) atoms. The highest BCUT2D eigenvalue weighted by Gasteiger charge is 2.16. The number of rotatable bonds is 5. The van der Waals surface area contributed by atoms with Gasteiger partial charge in [-0.25, -0.2) is 0 Å². The zero-order valence-corrected chi connectivity index (χ0v) is 22.1. The summed E-state index contributed by atoms with van der Waals surface area (Å²) in [6, 6.07) is 18.5. The minimum Gasteiger partial charge on any atom is -0.0616 e. The Balaban J connectivity index is 1.67. The van der Waals surface area contributed by atoms with Crippen molar-refractivity contribution in [3.63, 3.8) is 0 Å². The van der Waals surface area contributed by atoms with Crippen molar-refractivity contribution in [3.05, 3.63) is 105 Å². The van der Waals surface area contributed by atoms with Crippen LogP contribution in [0, 0.1) is 27.7 Å². The van der Waals surface area contributed by atoms with E-state index < -0.39 is 0 Å². The van der Waals surface area contributed by atoms with Crippen LogP contribution in [0.25, 0.3) is 34.4 Å². The van der Waals surface area contributed by atoms with Gasteiger partial charge < -0.3 is 0 Å². The predicted molar refractivity (Wildman–Crippen MR) is 151 cm³/mol. The Hall–Kier alpha value is -3.12. The van der Waals surface area contributed by atoms with Crippen LogP contribution in [-0.4, -0.2) is 0 Å². The zero-order chi connectivity index (χ0) is 24.6. The van der Waals surface area contributed by atoms with Gasteiger partial charge in [0.25, 0.3) is 0 Å². The first-order chi connectivity index (χ1) is 16.2. The first-order valence-electron chi connectivity index (χ1n) is 12.6. The molecule has 0 aromatic rings. The van der Waals surface area contributed by atoms with Gasteiger partial charge in [-0.05, 0) is 106 Å². The van der Waals surface area contributed by atoms with Gasteiger partial charge in [0.15, 0.2) is 0 Å². The maximum Gasteiger partial charge on any atom is -0.00793 e. The van der Waals surface area contributed by atoms with Crippen molar-refractivity contribution in [1.29, 1.82) is 0 Å². The molecule has 0 spiro atoms. The zero-order valence-electron chi connectivity index (χ0n) is 22.1. The topological polar surface area (TPSA) is 0 Å². The van der Waals surface area contributed by atoms with E-state index in [2.05, 4.69) is 128 Å². The summed E-state index contributed by atoms with van der Waals surface area (Å²) in [4.78, 5) is 0. The van der Waals surface area contributed by atoms with Crippen molar-refractivity contribution < 1.29 is 0 Å². The van der Waals surface area contributed by atoms with Gasteiger partial charge in [-0.2, -0.15) is 0 Å². The summed E-state index contributed by atoms with van der Waals surface area (Å²) >= 11 is 0. The number of aryl methyl sites for hydroxylation is 4. The van der Waals surface area contributed by atoms with Crippen LogP contribution >= 0.6 is 0 Å². The Morgan fingerprint density at radius 1 is 0.500 bits per heavy atom. The molecule has 0 saturated carbocycles. The van der Waals surface area contributed by atoms with Gasteiger partial charge in [-0.1, -0.05) is 101 Å². The van der Waals surface area contributed by atoms with E-state index in [0.717, 1.165) is 0 Å². The maximum absolute atomic E-state index is 2.38. The second kappa shape index (κ2) is 9.63. The molecular weight excluding hydrogens is 408 g/mol. The Morgan fingerprint density at radius 3 is 1.24 bits per heavy atom.